The summed E-state index contributed by atoms with van der Waals surface area (Å²) in [6, 6.07) is 4.73. The number of hydrogen-bond donors (Lipinski definition) is 1. The van der Waals surface area contributed by atoms with Crippen molar-refractivity contribution in [1.82, 2.24) is 20.1 Å². The molecule has 7 nitrogen and oxygen atoms in total. The maximum atomic E-state index is 12.3. The second-order valence-corrected chi connectivity index (χ2v) is 5.84. The molecular formula is C17H18N4O3. The van der Waals surface area contributed by atoms with Crippen LogP contribution in [0.5, 0.6) is 0 Å². The maximum Gasteiger partial charge on any atom is 0.287 e. The number of rotatable bonds is 4. The average molecular weight is 326 g/mol. The number of benzene rings is 1. The third-order valence-electron chi connectivity index (χ3n) is 4.01. The Morgan fingerprint density at radius 1 is 1.29 bits per heavy atom. The van der Waals surface area contributed by atoms with Gasteiger partial charge in [0.1, 0.15) is 18.2 Å². The number of fused-ring (bicyclic) bond motifs is 1. The molecule has 3 rings (SSSR count). The molecule has 0 fully saturated rings. The Balaban J connectivity index is 1.82. The normalized spacial score (nSPS) is 12.3. The first kappa shape index (κ1) is 15.9. The minimum atomic E-state index is -0.431. The van der Waals surface area contributed by atoms with Gasteiger partial charge in [-0.2, -0.15) is 5.10 Å². The van der Waals surface area contributed by atoms with Crippen LogP contribution in [0.25, 0.3) is 11.0 Å². The van der Waals surface area contributed by atoms with Crippen molar-refractivity contribution in [3.8, 4) is 0 Å². The highest BCUT2D eigenvalue weighted by Gasteiger charge is 2.14. The molecule has 0 aliphatic heterocycles. The minimum absolute atomic E-state index is 0.00143. The van der Waals surface area contributed by atoms with E-state index in [4.69, 9.17) is 4.42 Å². The number of amides is 1. The predicted molar refractivity (Wildman–Crippen MR) is 89.0 cm³/mol. The zero-order chi connectivity index (χ0) is 17.3. The van der Waals surface area contributed by atoms with Gasteiger partial charge in [0.15, 0.2) is 11.2 Å². The van der Waals surface area contributed by atoms with Crippen LogP contribution in [0.1, 0.15) is 34.6 Å². The van der Waals surface area contributed by atoms with Gasteiger partial charge in [0, 0.05) is 12.6 Å². The number of hydrogen-bond acceptors (Lipinski definition) is 5. The summed E-state index contributed by atoms with van der Waals surface area (Å²) in [6.45, 7) is 6.11. The van der Waals surface area contributed by atoms with Crippen LogP contribution in [0.4, 0.5) is 0 Å². The molecule has 1 amide bonds. The van der Waals surface area contributed by atoms with Gasteiger partial charge in [-0.3, -0.25) is 9.59 Å². The fourth-order valence-electron chi connectivity index (χ4n) is 2.39. The predicted octanol–water partition coefficient (Wildman–Crippen LogP) is 1.99. The van der Waals surface area contributed by atoms with Gasteiger partial charge in [0.2, 0.25) is 0 Å². The average Bonchev–Trinajstić information content (AvgIpc) is 3.08. The highest BCUT2D eigenvalue weighted by Crippen LogP contribution is 2.18. The van der Waals surface area contributed by atoms with E-state index in [1.165, 1.54) is 12.4 Å². The highest BCUT2D eigenvalue weighted by molar-refractivity contribution is 5.93. The smallest absolute Gasteiger partial charge is 0.287 e. The first-order valence-corrected chi connectivity index (χ1v) is 7.63. The molecule has 124 valence electrons. The standard InChI is InChI=1S/C17H18N4O3/c1-10-4-13-14(22)6-16(24-15(13)5-11(10)2)17(23)19-7-12(3)21-9-18-8-20-21/h4-6,8-9,12H,7H2,1-3H3,(H,19,23)/t12-/m1/s1. The Hall–Kier alpha value is -2.96. The zero-order valence-electron chi connectivity index (χ0n) is 13.7. The van der Waals surface area contributed by atoms with Gasteiger partial charge >= 0.3 is 0 Å². The van der Waals surface area contributed by atoms with Gasteiger partial charge in [0.05, 0.1) is 11.4 Å². The van der Waals surface area contributed by atoms with Gasteiger partial charge in [-0.1, -0.05) is 0 Å². The second-order valence-electron chi connectivity index (χ2n) is 5.84. The summed E-state index contributed by atoms with van der Waals surface area (Å²) in [5.74, 6) is -0.430. The Bertz CT molecular complexity index is 944. The fourth-order valence-corrected chi connectivity index (χ4v) is 2.39. The van der Waals surface area contributed by atoms with Gasteiger partial charge in [-0.15, -0.1) is 0 Å². The lowest BCUT2D eigenvalue weighted by Gasteiger charge is -2.12. The quantitative estimate of drug-likeness (QED) is 0.792. The first-order chi connectivity index (χ1) is 11.5. The van der Waals surface area contributed by atoms with Gasteiger partial charge in [0.25, 0.3) is 5.91 Å². The SMILES string of the molecule is Cc1cc2oc(C(=O)NC[C@@H](C)n3cncn3)cc(=O)c2cc1C. The van der Waals surface area contributed by atoms with Crippen molar-refractivity contribution < 1.29 is 9.21 Å². The van der Waals surface area contributed by atoms with Crippen molar-refractivity contribution in [3.05, 3.63) is 58.0 Å². The molecule has 0 saturated heterocycles. The molecule has 7 heteroatoms. The van der Waals surface area contributed by atoms with E-state index in [0.29, 0.717) is 17.5 Å². The molecule has 3 aromatic rings. The van der Waals surface area contributed by atoms with Crippen LogP contribution in [0.2, 0.25) is 0 Å². The molecule has 2 heterocycles. The van der Waals surface area contributed by atoms with E-state index in [0.717, 1.165) is 11.1 Å². The summed E-state index contributed by atoms with van der Waals surface area (Å²) >= 11 is 0. The molecule has 0 aliphatic rings. The lowest BCUT2D eigenvalue weighted by atomic mass is 10.1. The number of aryl methyl sites for hydroxylation is 2. The molecule has 0 unspecified atom stereocenters. The third kappa shape index (κ3) is 3.05. The van der Waals surface area contributed by atoms with Crippen LogP contribution in [0.15, 0.2) is 40.1 Å². The van der Waals surface area contributed by atoms with Crippen molar-refractivity contribution >= 4 is 16.9 Å². The third-order valence-corrected chi connectivity index (χ3v) is 4.01. The summed E-state index contributed by atoms with van der Waals surface area (Å²) in [5.41, 5.74) is 2.20. The Labute approximate surface area is 138 Å². The van der Waals surface area contributed by atoms with Gasteiger partial charge < -0.3 is 9.73 Å². The summed E-state index contributed by atoms with van der Waals surface area (Å²) < 4.78 is 7.26. The van der Waals surface area contributed by atoms with E-state index in [-0.39, 0.29) is 17.2 Å². The van der Waals surface area contributed by atoms with E-state index in [1.54, 1.807) is 23.1 Å². The summed E-state index contributed by atoms with van der Waals surface area (Å²) in [6.07, 6.45) is 3.02. The largest absolute Gasteiger partial charge is 0.451 e. The molecule has 1 atom stereocenters. The first-order valence-electron chi connectivity index (χ1n) is 7.63. The molecular weight excluding hydrogens is 308 g/mol. The number of nitrogens with one attached hydrogen (secondary N) is 1. The molecule has 0 bridgehead atoms. The molecule has 1 aromatic carbocycles. The lowest BCUT2D eigenvalue weighted by Crippen LogP contribution is -2.30. The molecule has 0 saturated carbocycles. The fraction of sp³-hybridized carbons (Fsp3) is 0.294. The molecule has 1 N–H and O–H groups in total. The lowest BCUT2D eigenvalue weighted by molar-refractivity contribution is 0.0920. The highest BCUT2D eigenvalue weighted by atomic mass is 16.3. The Morgan fingerprint density at radius 2 is 2.04 bits per heavy atom. The minimum Gasteiger partial charge on any atom is -0.451 e. The zero-order valence-corrected chi connectivity index (χ0v) is 13.7. The topological polar surface area (TPSA) is 90.0 Å². The van der Waals surface area contributed by atoms with Crippen molar-refractivity contribution in [2.45, 2.75) is 26.8 Å². The second kappa shape index (κ2) is 6.27. The molecule has 24 heavy (non-hydrogen) atoms. The van der Waals surface area contributed by atoms with Crippen LogP contribution in [-0.2, 0) is 0 Å². The number of aromatic nitrogens is 3. The summed E-state index contributed by atoms with van der Waals surface area (Å²) in [4.78, 5) is 28.4. The van der Waals surface area contributed by atoms with E-state index >= 15 is 0 Å². The number of nitrogens with zero attached hydrogens (tertiary/aromatic N) is 3. The van der Waals surface area contributed by atoms with Crippen LogP contribution in [0.3, 0.4) is 0 Å². The summed E-state index contributed by atoms with van der Waals surface area (Å²) in [5, 5.41) is 7.24. The van der Waals surface area contributed by atoms with Gasteiger partial charge in [-0.25, -0.2) is 9.67 Å². The Morgan fingerprint density at radius 3 is 2.75 bits per heavy atom. The number of carbonyl (C=O) groups excluding carboxylic acids is 1. The monoisotopic (exact) mass is 326 g/mol. The van der Waals surface area contributed by atoms with Crippen LogP contribution in [-0.4, -0.2) is 27.2 Å². The van der Waals surface area contributed by atoms with E-state index in [1.807, 2.05) is 20.8 Å². The van der Waals surface area contributed by atoms with Crippen LogP contribution in [0, 0.1) is 13.8 Å². The van der Waals surface area contributed by atoms with Crippen LogP contribution >= 0.6 is 0 Å². The molecule has 0 spiro atoms. The van der Waals surface area contributed by atoms with E-state index in [9.17, 15) is 9.59 Å². The van der Waals surface area contributed by atoms with Crippen LogP contribution < -0.4 is 10.7 Å². The maximum absolute atomic E-state index is 12.3. The van der Waals surface area contributed by atoms with Crippen molar-refractivity contribution in [3.63, 3.8) is 0 Å². The van der Waals surface area contributed by atoms with E-state index < -0.39 is 5.91 Å². The number of carbonyl (C=O) groups is 1. The molecule has 2 aromatic heterocycles. The molecule has 0 aliphatic carbocycles. The summed E-state index contributed by atoms with van der Waals surface area (Å²) in [7, 11) is 0. The molecule has 0 radical (unpaired) electrons. The van der Waals surface area contributed by atoms with Gasteiger partial charge in [-0.05, 0) is 44.0 Å². The van der Waals surface area contributed by atoms with E-state index in [2.05, 4.69) is 15.4 Å². The van der Waals surface area contributed by atoms with Crippen molar-refractivity contribution in [1.29, 1.82) is 0 Å². The van der Waals surface area contributed by atoms with Crippen molar-refractivity contribution in [2.75, 3.05) is 6.54 Å². The Kier molecular flexibility index (Phi) is 4.16. The van der Waals surface area contributed by atoms with Crippen molar-refractivity contribution in [2.24, 2.45) is 0 Å².